The summed E-state index contributed by atoms with van der Waals surface area (Å²) in [6.07, 6.45) is -0.513. The van der Waals surface area contributed by atoms with Crippen molar-refractivity contribution in [3.63, 3.8) is 0 Å². The van der Waals surface area contributed by atoms with Crippen molar-refractivity contribution in [2.75, 3.05) is 18.0 Å². The van der Waals surface area contributed by atoms with Crippen LogP contribution in [-0.2, 0) is 4.79 Å². The van der Waals surface area contributed by atoms with Gasteiger partial charge in [-0.2, -0.15) is 0 Å². The molecule has 5 heteroatoms. The van der Waals surface area contributed by atoms with E-state index in [0.717, 1.165) is 22.3 Å². The molecule has 1 aromatic carbocycles. The summed E-state index contributed by atoms with van der Waals surface area (Å²) >= 11 is 3.48. The Labute approximate surface area is 121 Å². The van der Waals surface area contributed by atoms with Crippen molar-refractivity contribution in [2.24, 2.45) is 0 Å². The smallest absolute Gasteiger partial charge is 0.245 e. The van der Waals surface area contributed by atoms with E-state index in [1.807, 2.05) is 32.0 Å². The first-order chi connectivity index (χ1) is 8.84. The highest BCUT2D eigenvalue weighted by atomic mass is 79.9. The van der Waals surface area contributed by atoms with Gasteiger partial charge in [-0.25, -0.2) is 0 Å². The molecule has 19 heavy (non-hydrogen) atoms. The molecule has 0 aliphatic carbocycles. The van der Waals surface area contributed by atoms with Crippen molar-refractivity contribution < 1.29 is 9.90 Å². The van der Waals surface area contributed by atoms with Gasteiger partial charge in [0.2, 0.25) is 5.91 Å². The SMILES string of the molecule is C[C@@H](O)c1ccc(N2CCNC(=O)C2(C)C)cc1Br. The maximum atomic E-state index is 12.0. The van der Waals surface area contributed by atoms with Gasteiger partial charge in [0.25, 0.3) is 0 Å². The van der Waals surface area contributed by atoms with Crippen molar-refractivity contribution in [3.8, 4) is 0 Å². The van der Waals surface area contributed by atoms with Crippen LogP contribution in [0.15, 0.2) is 22.7 Å². The van der Waals surface area contributed by atoms with Crippen molar-refractivity contribution in [1.29, 1.82) is 0 Å². The van der Waals surface area contributed by atoms with Crippen LogP contribution in [0.25, 0.3) is 0 Å². The van der Waals surface area contributed by atoms with Gasteiger partial charge in [0.15, 0.2) is 0 Å². The molecule has 0 aromatic heterocycles. The molecule has 0 spiro atoms. The molecule has 1 aliphatic heterocycles. The molecule has 1 aromatic rings. The van der Waals surface area contributed by atoms with Crippen LogP contribution in [0.5, 0.6) is 0 Å². The molecule has 0 saturated carbocycles. The lowest BCUT2D eigenvalue weighted by Gasteiger charge is -2.43. The molecule has 1 heterocycles. The van der Waals surface area contributed by atoms with E-state index in [0.29, 0.717) is 6.54 Å². The number of carbonyl (C=O) groups excluding carboxylic acids is 1. The van der Waals surface area contributed by atoms with E-state index >= 15 is 0 Å². The minimum atomic E-state index is -0.565. The molecule has 0 unspecified atom stereocenters. The largest absolute Gasteiger partial charge is 0.389 e. The summed E-state index contributed by atoms with van der Waals surface area (Å²) < 4.78 is 0.863. The summed E-state index contributed by atoms with van der Waals surface area (Å²) in [6.45, 7) is 6.99. The molecule has 0 radical (unpaired) electrons. The van der Waals surface area contributed by atoms with E-state index in [1.54, 1.807) is 6.92 Å². The third kappa shape index (κ3) is 2.62. The zero-order chi connectivity index (χ0) is 14.2. The normalized spacial score (nSPS) is 20.1. The standard InChI is InChI=1S/C14H19BrN2O2/c1-9(18)11-5-4-10(8-12(11)15)17-7-6-16-13(19)14(17,2)3/h4-5,8-9,18H,6-7H2,1-3H3,(H,16,19)/t9-/m1/s1. The number of carbonyl (C=O) groups is 1. The predicted molar refractivity (Wildman–Crippen MR) is 79.2 cm³/mol. The lowest BCUT2D eigenvalue weighted by Crippen LogP contribution is -2.62. The highest BCUT2D eigenvalue weighted by Crippen LogP contribution is 2.32. The van der Waals surface area contributed by atoms with Gasteiger partial charge in [-0.3, -0.25) is 4.79 Å². The average molecular weight is 327 g/mol. The van der Waals surface area contributed by atoms with Gasteiger partial charge in [0.1, 0.15) is 5.54 Å². The molecule has 0 bridgehead atoms. The first kappa shape index (κ1) is 14.3. The number of piperazine rings is 1. The van der Waals surface area contributed by atoms with Crippen molar-refractivity contribution in [1.82, 2.24) is 5.32 Å². The minimum absolute atomic E-state index is 0.0366. The van der Waals surface area contributed by atoms with Gasteiger partial charge in [-0.1, -0.05) is 22.0 Å². The fraction of sp³-hybridized carbons (Fsp3) is 0.500. The highest BCUT2D eigenvalue weighted by Gasteiger charge is 2.37. The third-order valence-corrected chi connectivity index (χ3v) is 4.28. The number of halogens is 1. The molecule has 4 nitrogen and oxygen atoms in total. The number of anilines is 1. The van der Waals surface area contributed by atoms with Crippen molar-refractivity contribution >= 4 is 27.5 Å². The second-order valence-corrected chi connectivity index (χ2v) is 6.20. The van der Waals surface area contributed by atoms with Crippen molar-refractivity contribution in [3.05, 3.63) is 28.2 Å². The van der Waals surface area contributed by atoms with Crippen molar-refractivity contribution in [2.45, 2.75) is 32.4 Å². The second kappa shape index (κ2) is 5.13. The Morgan fingerprint density at radius 1 is 1.47 bits per heavy atom. The Hall–Kier alpha value is -1.07. The zero-order valence-corrected chi connectivity index (χ0v) is 13.0. The van der Waals surface area contributed by atoms with Gasteiger partial charge in [-0.15, -0.1) is 0 Å². The first-order valence-corrected chi connectivity index (χ1v) is 7.17. The van der Waals surface area contributed by atoms with Gasteiger partial charge >= 0.3 is 0 Å². The van der Waals surface area contributed by atoms with E-state index < -0.39 is 11.6 Å². The van der Waals surface area contributed by atoms with Crippen LogP contribution < -0.4 is 10.2 Å². The fourth-order valence-electron chi connectivity index (χ4n) is 2.37. The molecule has 1 aliphatic rings. The van der Waals surface area contributed by atoms with Crippen LogP contribution in [-0.4, -0.2) is 29.6 Å². The Bertz CT molecular complexity index is 500. The monoisotopic (exact) mass is 326 g/mol. The molecular weight excluding hydrogens is 308 g/mol. The summed E-state index contributed by atoms with van der Waals surface area (Å²) in [7, 11) is 0. The Balaban J connectivity index is 2.36. The summed E-state index contributed by atoms with van der Waals surface area (Å²) in [4.78, 5) is 14.0. The van der Waals surface area contributed by atoms with Gasteiger partial charge in [0.05, 0.1) is 6.10 Å². The van der Waals surface area contributed by atoms with E-state index in [9.17, 15) is 9.90 Å². The van der Waals surface area contributed by atoms with Crippen LogP contribution in [0, 0.1) is 0 Å². The number of nitrogens with one attached hydrogen (secondary N) is 1. The number of aliphatic hydroxyl groups excluding tert-OH is 1. The quantitative estimate of drug-likeness (QED) is 0.876. The number of benzene rings is 1. The topological polar surface area (TPSA) is 52.6 Å². The first-order valence-electron chi connectivity index (χ1n) is 6.37. The number of aliphatic hydroxyl groups is 1. The van der Waals surface area contributed by atoms with Crippen LogP contribution in [0.3, 0.4) is 0 Å². The number of hydrogen-bond donors (Lipinski definition) is 2. The lowest BCUT2D eigenvalue weighted by atomic mass is 9.97. The fourth-order valence-corrected chi connectivity index (χ4v) is 3.07. The predicted octanol–water partition coefficient (Wildman–Crippen LogP) is 2.22. The number of hydrogen-bond acceptors (Lipinski definition) is 3. The summed E-state index contributed by atoms with van der Waals surface area (Å²) in [5.74, 6) is 0.0366. The maximum absolute atomic E-state index is 12.0. The molecule has 1 fully saturated rings. The molecule has 2 rings (SSSR count). The van der Waals surface area contributed by atoms with Crippen LogP contribution in [0.4, 0.5) is 5.69 Å². The minimum Gasteiger partial charge on any atom is -0.389 e. The zero-order valence-electron chi connectivity index (χ0n) is 11.4. The van der Waals surface area contributed by atoms with Crippen LogP contribution in [0.2, 0.25) is 0 Å². The molecule has 1 atom stereocenters. The van der Waals surface area contributed by atoms with Gasteiger partial charge in [-0.05, 0) is 38.5 Å². The summed E-state index contributed by atoms with van der Waals surface area (Å²) in [5, 5.41) is 12.5. The van der Waals surface area contributed by atoms with E-state index in [-0.39, 0.29) is 5.91 Å². The van der Waals surface area contributed by atoms with Crippen LogP contribution >= 0.6 is 15.9 Å². The van der Waals surface area contributed by atoms with Gasteiger partial charge in [0, 0.05) is 23.2 Å². The Kier molecular flexibility index (Phi) is 3.87. The Morgan fingerprint density at radius 2 is 2.16 bits per heavy atom. The molecular formula is C14H19BrN2O2. The maximum Gasteiger partial charge on any atom is 0.245 e. The van der Waals surface area contributed by atoms with E-state index in [1.165, 1.54) is 0 Å². The number of rotatable bonds is 2. The lowest BCUT2D eigenvalue weighted by molar-refractivity contribution is -0.126. The molecule has 2 N–H and O–H groups in total. The van der Waals surface area contributed by atoms with E-state index in [4.69, 9.17) is 0 Å². The molecule has 104 valence electrons. The average Bonchev–Trinajstić information content (AvgIpc) is 2.32. The number of amides is 1. The molecule has 1 amide bonds. The molecule has 1 saturated heterocycles. The summed E-state index contributed by atoms with van der Waals surface area (Å²) in [6, 6.07) is 5.81. The summed E-state index contributed by atoms with van der Waals surface area (Å²) in [5.41, 5.74) is 1.27. The second-order valence-electron chi connectivity index (χ2n) is 5.35. The van der Waals surface area contributed by atoms with Gasteiger partial charge < -0.3 is 15.3 Å². The number of nitrogens with zero attached hydrogens (tertiary/aromatic N) is 1. The Morgan fingerprint density at radius 3 is 2.74 bits per heavy atom. The highest BCUT2D eigenvalue weighted by molar-refractivity contribution is 9.10. The van der Waals surface area contributed by atoms with E-state index in [2.05, 4.69) is 26.1 Å². The third-order valence-electron chi connectivity index (χ3n) is 3.60. The van der Waals surface area contributed by atoms with Crippen LogP contribution in [0.1, 0.15) is 32.4 Å².